The van der Waals surface area contributed by atoms with Crippen LogP contribution in [-0.4, -0.2) is 30.6 Å². The summed E-state index contributed by atoms with van der Waals surface area (Å²) in [4.78, 5) is 16.1. The molecule has 0 radical (unpaired) electrons. The first-order valence-electron chi connectivity index (χ1n) is 7.27. The molecular weight excluding hydrogens is 266 g/mol. The molecule has 3 rings (SSSR count). The number of benzene rings is 1. The molecule has 2 aromatic rings. The lowest BCUT2D eigenvalue weighted by Gasteiger charge is -2.22. The number of rotatable bonds is 4. The van der Waals surface area contributed by atoms with E-state index in [9.17, 15) is 4.79 Å². The van der Waals surface area contributed by atoms with Gasteiger partial charge in [-0.1, -0.05) is 18.2 Å². The van der Waals surface area contributed by atoms with E-state index in [2.05, 4.69) is 10.3 Å². The zero-order chi connectivity index (χ0) is 14.7. The second-order valence-corrected chi connectivity index (χ2v) is 5.40. The number of carbonyl (C=O) groups is 1. The first kappa shape index (κ1) is 13.8. The van der Waals surface area contributed by atoms with Gasteiger partial charge in [0, 0.05) is 5.39 Å². The SMILES string of the molecule is NC(=O)c1cc2ccccc2nc1OCC1CCNCC1. The number of nitrogens with two attached hydrogens (primary N) is 1. The molecule has 5 nitrogen and oxygen atoms in total. The second-order valence-electron chi connectivity index (χ2n) is 5.40. The van der Waals surface area contributed by atoms with Crippen LogP contribution in [0.4, 0.5) is 0 Å². The zero-order valence-corrected chi connectivity index (χ0v) is 11.8. The van der Waals surface area contributed by atoms with E-state index in [0.29, 0.717) is 24.0 Å². The van der Waals surface area contributed by atoms with Gasteiger partial charge in [-0.05, 0) is 44.0 Å². The number of nitrogens with one attached hydrogen (secondary N) is 1. The lowest BCUT2D eigenvalue weighted by molar-refractivity contribution is 0.0993. The fourth-order valence-corrected chi connectivity index (χ4v) is 2.63. The summed E-state index contributed by atoms with van der Waals surface area (Å²) in [5.41, 5.74) is 6.60. The van der Waals surface area contributed by atoms with Crippen molar-refractivity contribution < 1.29 is 9.53 Å². The number of pyridine rings is 1. The van der Waals surface area contributed by atoms with Gasteiger partial charge in [-0.2, -0.15) is 0 Å². The van der Waals surface area contributed by atoms with Gasteiger partial charge >= 0.3 is 0 Å². The molecule has 5 heteroatoms. The molecule has 1 amide bonds. The number of aromatic nitrogens is 1. The number of hydrogen-bond acceptors (Lipinski definition) is 4. The molecule has 3 N–H and O–H groups in total. The van der Waals surface area contributed by atoms with E-state index in [1.165, 1.54) is 0 Å². The molecule has 1 aliphatic rings. The molecule has 1 fully saturated rings. The normalized spacial score (nSPS) is 16.0. The summed E-state index contributed by atoms with van der Waals surface area (Å²) in [7, 11) is 0. The van der Waals surface area contributed by atoms with Gasteiger partial charge in [0.15, 0.2) is 0 Å². The van der Waals surface area contributed by atoms with Crippen LogP contribution in [0.3, 0.4) is 0 Å². The summed E-state index contributed by atoms with van der Waals surface area (Å²) in [6, 6.07) is 9.38. The van der Waals surface area contributed by atoms with E-state index in [1.807, 2.05) is 24.3 Å². The number of fused-ring (bicyclic) bond motifs is 1. The van der Waals surface area contributed by atoms with E-state index < -0.39 is 5.91 Å². The van der Waals surface area contributed by atoms with Crippen molar-refractivity contribution in [1.82, 2.24) is 10.3 Å². The van der Waals surface area contributed by atoms with Crippen molar-refractivity contribution >= 4 is 16.8 Å². The summed E-state index contributed by atoms with van der Waals surface area (Å²) >= 11 is 0. The fraction of sp³-hybridized carbons (Fsp3) is 0.375. The summed E-state index contributed by atoms with van der Waals surface area (Å²) in [6.45, 7) is 2.61. The monoisotopic (exact) mass is 285 g/mol. The van der Waals surface area contributed by atoms with Gasteiger partial charge in [-0.3, -0.25) is 4.79 Å². The maximum Gasteiger partial charge on any atom is 0.254 e. The Morgan fingerprint density at radius 3 is 2.86 bits per heavy atom. The molecule has 0 bridgehead atoms. The Balaban J connectivity index is 1.84. The van der Waals surface area contributed by atoms with E-state index in [0.717, 1.165) is 36.8 Å². The third-order valence-corrected chi connectivity index (χ3v) is 3.87. The Bertz CT molecular complexity index is 651. The van der Waals surface area contributed by atoms with Gasteiger partial charge in [0.05, 0.1) is 12.1 Å². The van der Waals surface area contributed by atoms with Crippen LogP contribution in [-0.2, 0) is 0 Å². The van der Waals surface area contributed by atoms with E-state index in [-0.39, 0.29) is 0 Å². The highest BCUT2D eigenvalue weighted by molar-refractivity contribution is 5.98. The highest BCUT2D eigenvalue weighted by Gasteiger charge is 2.17. The number of hydrogen-bond donors (Lipinski definition) is 2. The van der Waals surface area contributed by atoms with Crippen molar-refractivity contribution in [2.75, 3.05) is 19.7 Å². The van der Waals surface area contributed by atoms with Gasteiger partial charge in [-0.15, -0.1) is 0 Å². The molecule has 1 aromatic carbocycles. The van der Waals surface area contributed by atoms with Gasteiger partial charge in [0.25, 0.3) is 5.91 Å². The Morgan fingerprint density at radius 2 is 2.10 bits per heavy atom. The summed E-state index contributed by atoms with van der Waals surface area (Å²) in [5.74, 6) is 0.341. The molecule has 0 unspecified atom stereocenters. The third-order valence-electron chi connectivity index (χ3n) is 3.87. The highest BCUT2D eigenvalue weighted by Crippen LogP contribution is 2.23. The number of carbonyl (C=O) groups excluding carboxylic acids is 1. The molecule has 0 atom stereocenters. The van der Waals surface area contributed by atoms with Gasteiger partial charge in [0.1, 0.15) is 5.56 Å². The quantitative estimate of drug-likeness (QED) is 0.896. The zero-order valence-electron chi connectivity index (χ0n) is 11.8. The minimum atomic E-state index is -0.506. The number of primary amides is 1. The predicted octanol–water partition coefficient (Wildman–Crippen LogP) is 1.71. The molecular formula is C16H19N3O2. The van der Waals surface area contributed by atoms with Crippen LogP contribution in [0, 0.1) is 5.92 Å². The second kappa shape index (κ2) is 6.10. The first-order valence-corrected chi connectivity index (χ1v) is 7.27. The van der Waals surface area contributed by atoms with Crippen molar-refractivity contribution in [3.8, 4) is 5.88 Å². The van der Waals surface area contributed by atoms with Crippen molar-refractivity contribution in [1.29, 1.82) is 0 Å². The Hall–Kier alpha value is -2.14. The smallest absolute Gasteiger partial charge is 0.254 e. The molecule has 1 aromatic heterocycles. The maximum absolute atomic E-state index is 11.6. The van der Waals surface area contributed by atoms with E-state index in [4.69, 9.17) is 10.5 Å². The van der Waals surface area contributed by atoms with E-state index in [1.54, 1.807) is 6.07 Å². The summed E-state index contributed by atoms with van der Waals surface area (Å²) in [6.07, 6.45) is 2.17. The van der Waals surface area contributed by atoms with Crippen LogP contribution in [0.5, 0.6) is 5.88 Å². The van der Waals surface area contributed by atoms with Crippen LogP contribution in [0.2, 0.25) is 0 Å². The summed E-state index contributed by atoms with van der Waals surface area (Å²) in [5, 5.41) is 4.21. The van der Waals surface area contributed by atoms with Crippen molar-refractivity contribution in [3.63, 3.8) is 0 Å². The number of piperidine rings is 1. The minimum absolute atomic E-state index is 0.347. The number of para-hydroxylation sites is 1. The van der Waals surface area contributed by atoms with Crippen molar-refractivity contribution in [2.24, 2.45) is 11.7 Å². The van der Waals surface area contributed by atoms with Crippen LogP contribution >= 0.6 is 0 Å². The fourth-order valence-electron chi connectivity index (χ4n) is 2.63. The third kappa shape index (κ3) is 3.13. The van der Waals surface area contributed by atoms with Crippen LogP contribution < -0.4 is 15.8 Å². The molecule has 21 heavy (non-hydrogen) atoms. The molecule has 1 saturated heterocycles. The number of amides is 1. The van der Waals surface area contributed by atoms with Crippen molar-refractivity contribution in [3.05, 3.63) is 35.9 Å². The Labute approximate surface area is 123 Å². The average molecular weight is 285 g/mol. The number of ether oxygens (including phenoxy) is 1. The first-order chi connectivity index (χ1) is 10.2. The van der Waals surface area contributed by atoms with Gasteiger partial charge in [-0.25, -0.2) is 4.98 Å². The lowest BCUT2D eigenvalue weighted by atomic mass is 9.99. The van der Waals surface area contributed by atoms with Crippen LogP contribution in [0.15, 0.2) is 30.3 Å². The lowest BCUT2D eigenvalue weighted by Crippen LogP contribution is -2.31. The number of nitrogens with zero attached hydrogens (tertiary/aromatic N) is 1. The molecule has 2 heterocycles. The van der Waals surface area contributed by atoms with Crippen molar-refractivity contribution in [2.45, 2.75) is 12.8 Å². The van der Waals surface area contributed by atoms with Gasteiger partial charge in [0.2, 0.25) is 5.88 Å². The Kier molecular flexibility index (Phi) is 4.01. The predicted molar refractivity (Wildman–Crippen MR) is 81.3 cm³/mol. The highest BCUT2D eigenvalue weighted by atomic mass is 16.5. The average Bonchev–Trinajstić information content (AvgIpc) is 2.53. The maximum atomic E-state index is 11.6. The van der Waals surface area contributed by atoms with Gasteiger partial charge < -0.3 is 15.8 Å². The van der Waals surface area contributed by atoms with E-state index >= 15 is 0 Å². The summed E-state index contributed by atoms with van der Waals surface area (Å²) < 4.78 is 5.81. The topological polar surface area (TPSA) is 77.2 Å². The molecule has 0 aliphatic carbocycles. The molecule has 110 valence electrons. The molecule has 0 saturated carbocycles. The minimum Gasteiger partial charge on any atom is -0.477 e. The van der Waals surface area contributed by atoms with Crippen LogP contribution in [0.25, 0.3) is 10.9 Å². The molecule has 0 spiro atoms. The molecule has 1 aliphatic heterocycles. The van der Waals surface area contributed by atoms with Crippen LogP contribution in [0.1, 0.15) is 23.2 Å². The standard InChI is InChI=1S/C16H19N3O2/c17-15(20)13-9-12-3-1-2-4-14(12)19-16(13)21-10-11-5-7-18-8-6-11/h1-4,9,11,18H,5-8,10H2,(H2,17,20). The Morgan fingerprint density at radius 1 is 1.33 bits per heavy atom. The largest absolute Gasteiger partial charge is 0.477 e.